The van der Waals surface area contributed by atoms with Gasteiger partial charge in [0.05, 0.1) is 27.8 Å². The van der Waals surface area contributed by atoms with Crippen LogP contribution in [0.15, 0.2) is 283 Å². The van der Waals surface area contributed by atoms with Crippen molar-refractivity contribution < 1.29 is 4.42 Å². The molecule has 15 rings (SSSR count). The van der Waals surface area contributed by atoms with Crippen molar-refractivity contribution in [2.24, 2.45) is 0 Å². The maximum Gasteiger partial charge on any atom is 0.145 e. The van der Waals surface area contributed by atoms with Crippen LogP contribution in [0.3, 0.4) is 0 Å². The van der Waals surface area contributed by atoms with Gasteiger partial charge < -0.3 is 13.9 Å². The Morgan fingerprint density at radius 1 is 0.293 bits per heavy atom. The molecule has 0 unspecified atom stereocenters. The van der Waals surface area contributed by atoms with Crippen LogP contribution >= 0.6 is 0 Å². The summed E-state index contributed by atoms with van der Waals surface area (Å²) >= 11 is 0. The Bertz CT molecular complexity index is 4700. The van der Waals surface area contributed by atoms with Crippen LogP contribution in [0.4, 0.5) is 17.1 Å². The van der Waals surface area contributed by atoms with E-state index in [2.05, 4.69) is 289 Å². The maximum absolute atomic E-state index is 7.05. The molecule has 0 atom stereocenters. The molecule has 350 valence electrons. The molecule has 0 radical (unpaired) electrons. The van der Waals surface area contributed by atoms with Crippen molar-refractivity contribution in [1.82, 2.24) is 4.57 Å². The highest BCUT2D eigenvalue weighted by Crippen LogP contribution is 2.50. The third-order valence-corrected chi connectivity index (χ3v) is 15.4. The minimum Gasteiger partial charge on any atom is -0.455 e. The third-order valence-electron chi connectivity index (χ3n) is 15.4. The van der Waals surface area contributed by atoms with E-state index in [0.717, 1.165) is 66.8 Å². The number of hydrogen-bond acceptors (Lipinski definition) is 2. The Kier molecular flexibility index (Phi) is 9.89. The lowest BCUT2D eigenvalue weighted by Crippen LogP contribution is -2.11. The van der Waals surface area contributed by atoms with Crippen molar-refractivity contribution in [2.75, 3.05) is 4.90 Å². The van der Waals surface area contributed by atoms with Crippen molar-refractivity contribution in [1.29, 1.82) is 0 Å². The molecule has 3 nitrogen and oxygen atoms in total. The molecule has 0 saturated heterocycles. The van der Waals surface area contributed by atoms with Gasteiger partial charge in [0.1, 0.15) is 11.2 Å². The molecule has 0 spiro atoms. The maximum atomic E-state index is 7.05. The van der Waals surface area contributed by atoms with Gasteiger partial charge in [0, 0.05) is 38.5 Å². The average Bonchev–Trinajstić information content (AvgIpc) is 4.10. The largest absolute Gasteiger partial charge is 0.455 e. The highest BCUT2D eigenvalue weighted by Gasteiger charge is 2.26. The number of nitrogens with zero attached hydrogens (tertiary/aromatic N) is 2. The Hall–Kier alpha value is -9.96. The van der Waals surface area contributed by atoms with Gasteiger partial charge in [-0.05, 0) is 133 Å². The van der Waals surface area contributed by atoms with E-state index >= 15 is 0 Å². The van der Waals surface area contributed by atoms with Crippen molar-refractivity contribution in [2.45, 2.75) is 0 Å². The number of furan rings is 1. The zero-order valence-corrected chi connectivity index (χ0v) is 40.9. The molecule has 0 N–H and O–H groups in total. The Morgan fingerprint density at radius 2 is 0.840 bits per heavy atom. The second-order valence-electron chi connectivity index (χ2n) is 19.5. The molecular weight excluding hydrogens is 909 g/mol. The molecule has 0 saturated carbocycles. The molecule has 0 aliphatic heterocycles. The van der Waals surface area contributed by atoms with Crippen LogP contribution in [0.1, 0.15) is 0 Å². The molecule has 0 fully saturated rings. The summed E-state index contributed by atoms with van der Waals surface area (Å²) in [5, 5.41) is 11.8. The van der Waals surface area contributed by atoms with E-state index in [9.17, 15) is 0 Å². The summed E-state index contributed by atoms with van der Waals surface area (Å²) in [6, 6.07) is 101. The van der Waals surface area contributed by atoms with Gasteiger partial charge in [-0.2, -0.15) is 0 Å². The monoisotopic (exact) mass is 954 g/mol. The predicted molar refractivity (Wildman–Crippen MR) is 317 cm³/mol. The summed E-state index contributed by atoms with van der Waals surface area (Å²) in [5.74, 6) is 0. The molecular formula is C72H46N2O. The summed E-state index contributed by atoms with van der Waals surface area (Å²) in [6.45, 7) is 0. The number of rotatable bonds is 8. The average molecular weight is 955 g/mol. The molecule has 15 aromatic rings. The lowest BCUT2D eigenvalue weighted by molar-refractivity contribution is 0.670. The van der Waals surface area contributed by atoms with Crippen LogP contribution in [0.2, 0.25) is 0 Å². The number of para-hydroxylation sites is 3. The van der Waals surface area contributed by atoms with E-state index < -0.39 is 0 Å². The highest BCUT2D eigenvalue weighted by atomic mass is 16.3. The second kappa shape index (κ2) is 17.4. The van der Waals surface area contributed by atoms with Gasteiger partial charge in [-0.3, -0.25) is 0 Å². The molecule has 2 aromatic heterocycles. The van der Waals surface area contributed by atoms with E-state index in [1.54, 1.807) is 0 Å². The summed E-state index contributed by atoms with van der Waals surface area (Å²) in [4.78, 5) is 2.46. The zero-order chi connectivity index (χ0) is 49.4. The fourth-order valence-electron chi connectivity index (χ4n) is 12.0. The molecule has 0 amide bonds. The summed E-state index contributed by atoms with van der Waals surface area (Å²) in [7, 11) is 0. The van der Waals surface area contributed by atoms with Gasteiger partial charge in [0.15, 0.2) is 0 Å². The predicted octanol–water partition coefficient (Wildman–Crippen LogP) is 20.3. The zero-order valence-electron chi connectivity index (χ0n) is 40.9. The minimum atomic E-state index is 0.853. The topological polar surface area (TPSA) is 21.3 Å². The van der Waals surface area contributed by atoms with Crippen LogP contribution in [0.25, 0.3) is 126 Å². The van der Waals surface area contributed by atoms with E-state index in [1.807, 2.05) is 0 Å². The Morgan fingerprint density at radius 3 is 1.64 bits per heavy atom. The molecule has 0 bridgehead atoms. The first-order chi connectivity index (χ1) is 37.2. The van der Waals surface area contributed by atoms with E-state index in [0.29, 0.717) is 0 Å². The van der Waals surface area contributed by atoms with E-state index in [-0.39, 0.29) is 0 Å². The van der Waals surface area contributed by atoms with Gasteiger partial charge in [0.25, 0.3) is 0 Å². The fraction of sp³-hybridized carbons (Fsp3) is 0. The molecule has 0 aliphatic rings. The quantitative estimate of drug-likeness (QED) is 0.151. The molecule has 75 heavy (non-hydrogen) atoms. The van der Waals surface area contributed by atoms with Crippen molar-refractivity contribution in [3.05, 3.63) is 279 Å². The fourth-order valence-corrected chi connectivity index (χ4v) is 12.0. The molecule has 0 aliphatic carbocycles. The minimum absolute atomic E-state index is 0.853. The van der Waals surface area contributed by atoms with Gasteiger partial charge in [0.2, 0.25) is 0 Å². The van der Waals surface area contributed by atoms with Crippen LogP contribution < -0.4 is 4.90 Å². The SMILES string of the molecule is c1ccc(-n2c3ccccc3c3c(-c4ccc(N(c5ccc(-c6cccc(-c7cccc8ccccc78)c6)cc5)c5ccc(-c6cccc7ccccc67)c6oc7ccccc7c56)c5ccccc45)cccc32)cc1. The number of anilines is 3. The van der Waals surface area contributed by atoms with Crippen molar-refractivity contribution in [3.8, 4) is 50.2 Å². The molecule has 2 heterocycles. The van der Waals surface area contributed by atoms with Crippen LogP contribution in [0.5, 0.6) is 0 Å². The summed E-state index contributed by atoms with van der Waals surface area (Å²) in [6.07, 6.45) is 0. The van der Waals surface area contributed by atoms with Crippen molar-refractivity contribution in [3.63, 3.8) is 0 Å². The van der Waals surface area contributed by atoms with E-state index in [4.69, 9.17) is 4.42 Å². The van der Waals surface area contributed by atoms with Gasteiger partial charge >= 0.3 is 0 Å². The lowest BCUT2D eigenvalue weighted by Gasteiger charge is -2.29. The number of fused-ring (bicyclic) bond motifs is 9. The first-order valence-corrected chi connectivity index (χ1v) is 25.7. The van der Waals surface area contributed by atoms with Crippen LogP contribution in [0, 0.1) is 0 Å². The molecule has 3 heteroatoms. The third kappa shape index (κ3) is 6.90. The highest BCUT2D eigenvalue weighted by molar-refractivity contribution is 6.22. The van der Waals surface area contributed by atoms with Gasteiger partial charge in [-0.25, -0.2) is 0 Å². The van der Waals surface area contributed by atoms with Gasteiger partial charge in [-0.1, -0.05) is 212 Å². The number of benzene rings is 13. The van der Waals surface area contributed by atoms with Crippen molar-refractivity contribution >= 4 is 93.1 Å². The summed E-state index contributed by atoms with van der Waals surface area (Å²) in [5.41, 5.74) is 17.7. The first-order valence-electron chi connectivity index (χ1n) is 25.7. The standard InChI is InChI=1S/C72H46N2O/c1-2-24-52(25-3-1)73-65-35-12-10-30-63(65)70-61(34-17-36-67(70)73)59-42-44-66(60-29-9-8-28-58(59)60)74(53-40-38-47(39-41-53)50-22-14-23-51(46-50)56-32-15-20-48-18-4-6-26-54(48)56)68-45-43-62(57-33-16-21-49-19-5-7-27-55(49)57)72-71(68)64-31-11-13-37-69(64)75-72/h1-46H. The van der Waals surface area contributed by atoms with Gasteiger partial charge in [-0.15, -0.1) is 0 Å². The Balaban J connectivity index is 0.954. The van der Waals surface area contributed by atoms with Crippen LogP contribution in [-0.2, 0) is 0 Å². The smallest absolute Gasteiger partial charge is 0.145 e. The Labute approximate surface area is 434 Å². The summed E-state index contributed by atoms with van der Waals surface area (Å²) < 4.78 is 9.45. The second-order valence-corrected chi connectivity index (χ2v) is 19.5. The first kappa shape index (κ1) is 42.7. The normalized spacial score (nSPS) is 11.7. The number of aromatic nitrogens is 1. The lowest BCUT2D eigenvalue weighted by atomic mass is 9.92. The van der Waals surface area contributed by atoms with E-state index in [1.165, 1.54) is 76.6 Å². The number of hydrogen-bond donors (Lipinski definition) is 0. The van der Waals surface area contributed by atoms with Crippen LogP contribution in [-0.4, -0.2) is 4.57 Å². The molecule has 13 aromatic carbocycles.